The number of nitrogens with zero attached hydrogens (tertiary/aromatic N) is 2. The highest BCUT2D eigenvalue weighted by molar-refractivity contribution is 6.28. The monoisotopic (exact) mass is 257 g/mol. The zero-order valence-corrected chi connectivity index (χ0v) is 10.4. The largest absolute Gasteiger partial charge is 0.485 e. The lowest BCUT2D eigenvalue weighted by molar-refractivity contribution is 0.0241. The molecule has 0 aliphatic heterocycles. The van der Waals surface area contributed by atoms with E-state index in [4.69, 9.17) is 16.3 Å². The first-order valence-corrected chi connectivity index (χ1v) is 6.09. The summed E-state index contributed by atoms with van der Waals surface area (Å²) in [5.41, 5.74) is 0. The lowest BCUT2D eigenvalue weighted by Crippen LogP contribution is -2.31. The van der Waals surface area contributed by atoms with Crippen LogP contribution < -0.4 is 10.1 Å². The van der Waals surface area contributed by atoms with Crippen molar-refractivity contribution in [2.75, 3.05) is 19.0 Å². The molecule has 1 unspecified atom stereocenters. The number of hydrogen-bond acceptors (Lipinski definition) is 5. The Balaban J connectivity index is 1.93. The molecule has 0 radical (unpaired) electrons. The van der Waals surface area contributed by atoms with Crippen molar-refractivity contribution in [2.24, 2.45) is 5.92 Å². The third-order valence-electron chi connectivity index (χ3n) is 3.07. The van der Waals surface area contributed by atoms with Gasteiger partial charge in [-0.15, -0.1) is 0 Å². The van der Waals surface area contributed by atoms with Crippen LogP contribution in [0.15, 0.2) is 6.20 Å². The van der Waals surface area contributed by atoms with Crippen LogP contribution in [0.5, 0.6) is 5.75 Å². The molecule has 1 aromatic rings. The number of hydrogen-bond donors (Lipinski definition) is 2. The lowest BCUT2D eigenvalue weighted by atomic mass is 9.81. The fourth-order valence-corrected chi connectivity index (χ4v) is 1.90. The molecule has 5 nitrogen and oxygen atoms in total. The number of aliphatic hydroxyl groups is 1. The number of ether oxygens (including phenoxy) is 1. The van der Waals surface area contributed by atoms with Gasteiger partial charge in [0, 0.05) is 7.05 Å². The van der Waals surface area contributed by atoms with E-state index in [1.54, 1.807) is 7.05 Å². The standard InChI is InChI=1S/C11H16ClN3O2/c1-13-10-9(5-14-11(12)15-10)17-6-8(16)7-3-2-4-7/h5,7-8,16H,2-4,6H2,1H3,(H,13,14,15). The molecule has 1 aliphatic rings. The Labute approximate surface area is 105 Å². The highest BCUT2D eigenvalue weighted by Crippen LogP contribution is 2.30. The molecule has 1 saturated carbocycles. The fourth-order valence-electron chi connectivity index (χ4n) is 1.77. The van der Waals surface area contributed by atoms with Crippen LogP contribution in [0.25, 0.3) is 0 Å². The highest BCUT2D eigenvalue weighted by Gasteiger charge is 2.26. The van der Waals surface area contributed by atoms with E-state index in [-0.39, 0.29) is 11.9 Å². The summed E-state index contributed by atoms with van der Waals surface area (Å²) in [6.45, 7) is 0.268. The van der Waals surface area contributed by atoms with Gasteiger partial charge in [0.15, 0.2) is 11.6 Å². The number of aromatic nitrogens is 2. The molecular formula is C11H16ClN3O2. The van der Waals surface area contributed by atoms with Crippen LogP contribution >= 0.6 is 11.6 Å². The van der Waals surface area contributed by atoms with Gasteiger partial charge >= 0.3 is 0 Å². The summed E-state index contributed by atoms with van der Waals surface area (Å²) in [5, 5.41) is 12.9. The minimum Gasteiger partial charge on any atom is -0.485 e. The Morgan fingerprint density at radius 2 is 2.41 bits per heavy atom. The first-order valence-electron chi connectivity index (χ1n) is 5.72. The van der Waals surface area contributed by atoms with Gasteiger partial charge in [-0.2, -0.15) is 4.98 Å². The van der Waals surface area contributed by atoms with Gasteiger partial charge in [-0.05, 0) is 30.4 Å². The first kappa shape index (κ1) is 12.4. The Morgan fingerprint density at radius 1 is 1.65 bits per heavy atom. The Hall–Kier alpha value is -1.07. The SMILES string of the molecule is CNc1nc(Cl)ncc1OCC(O)C1CCC1. The van der Waals surface area contributed by atoms with Gasteiger partial charge in [0.1, 0.15) is 6.61 Å². The third-order valence-corrected chi connectivity index (χ3v) is 3.25. The highest BCUT2D eigenvalue weighted by atomic mass is 35.5. The van der Waals surface area contributed by atoms with Crippen LogP contribution in [0.1, 0.15) is 19.3 Å². The van der Waals surface area contributed by atoms with Crippen LogP contribution in [0.3, 0.4) is 0 Å². The van der Waals surface area contributed by atoms with Gasteiger partial charge in [0.05, 0.1) is 12.3 Å². The molecule has 94 valence electrons. The van der Waals surface area contributed by atoms with E-state index >= 15 is 0 Å². The number of nitrogens with one attached hydrogen (secondary N) is 1. The minimum absolute atomic E-state index is 0.168. The van der Waals surface area contributed by atoms with Crippen molar-refractivity contribution in [1.82, 2.24) is 9.97 Å². The molecule has 1 aromatic heterocycles. The van der Waals surface area contributed by atoms with Crippen LogP contribution in [0.2, 0.25) is 5.28 Å². The molecule has 17 heavy (non-hydrogen) atoms. The Morgan fingerprint density at radius 3 is 3.00 bits per heavy atom. The maximum absolute atomic E-state index is 9.84. The third kappa shape index (κ3) is 2.98. The topological polar surface area (TPSA) is 67.3 Å². The molecule has 6 heteroatoms. The van der Waals surface area contributed by atoms with Gasteiger partial charge in [0.2, 0.25) is 5.28 Å². The summed E-state index contributed by atoms with van der Waals surface area (Å²) in [5.74, 6) is 1.42. The molecular weight excluding hydrogens is 242 g/mol. The van der Waals surface area contributed by atoms with Crippen molar-refractivity contribution in [2.45, 2.75) is 25.4 Å². The quantitative estimate of drug-likeness (QED) is 0.786. The zero-order valence-electron chi connectivity index (χ0n) is 9.69. The molecule has 1 aliphatic carbocycles. The van der Waals surface area contributed by atoms with E-state index in [0.717, 1.165) is 12.8 Å². The van der Waals surface area contributed by atoms with E-state index in [9.17, 15) is 5.11 Å². The van der Waals surface area contributed by atoms with E-state index in [2.05, 4.69) is 15.3 Å². The van der Waals surface area contributed by atoms with Crippen molar-refractivity contribution in [3.8, 4) is 5.75 Å². The minimum atomic E-state index is -0.413. The van der Waals surface area contributed by atoms with Gasteiger partial charge < -0.3 is 15.2 Å². The molecule has 1 heterocycles. The van der Waals surface area contributed by atoms with E-state index in [0.29, 0.717) is 17.5 Å². The average molecular weight is 258 g/mol. The summed E-state index contributed by atoms with van der Waals surface area (Å²) in [6, 6.07) is 0. The molecule has 1 fully saturated rings. The molecule has 1 atom stereocenters. The molecule has 0 aromatic carbocycles. The van der Waals surface area contributed by atoms with Gasteiger partial charge in [0.25, 0.3) is 0 Å². The Bertz CT molecular complexity index is 385. The summed E-state index contributed by atoms with van der Waals surface area (Å²) in [7, 11) is 1.73. The molecule has 0 spiro atoms. The molecule has 2 N–H and O–H groups in total. The number of anilines is 1. The fraction of sp³-hybridized carbons (Fsp3) is 0.636. The maximum atomic E-state index is 9.84. The predicted molar refractivity (Wildman–Crippen MR) is 65.4 cm³/mol. The second-order valence-electron chi connectivity index (χ2n) is 4.17. The Kier molecular flexibility index (Phi) is 4.02. The average Bonchev–Trinajstić information content (AvgIpc) is 2.24. The van der Waals surface area contributed by atoms with E-state index < -0.39 is 6.10 Å². The number of aliphatic hydroxyl groups excluding tert-OH is 1. The van der Waals surface area contributed by atoms with Crippen LogP contribution in [0.4, 0.5) is 5.82 Å². The molecule has 2 rings (SSSR count). The van der Waals surface area contributed by atoms with Crippen LogP contribution in [-0.2, 0) is 0 Å². The van der Waals surface area contributed by atoms with Gasteiger partial charge in [-0.3, -0.25) is 0 Å². The van der Waals surface area contributed by atoms with Crippen molar-refractivity contribution >= 4 is 17.4 Å². The predicted octanol–water partition coefficient (Wildman–Crippen LogP) is 1.71. The van der Waals surface area contributed by atoms with Crippen molar-refractivity contribution < 1.29 is 9.84 Å². The second-order valence-corrected chi connectivity index (χ2v) is 4.51. The molecule has 0 amide bonds. The zero-order chi connectivity index (χ0) is 12.3. The van der Waals surface area contributed by atoms with Crippen molar-refractivity contribution in [3.05, 3.63) is 11.5 Å². The van der Waals surface area contributed by atoms with Crippen LogP contribution in [0, 0.1) is 5.92 Å². The smallest absolute Gasteiger partial charge is 0.224 e. The second kappa shape index (κ2) is 5.51. The van der Waals surface area contributed by atoms with Crippen molar-refractivity contribution in [1.29, 1.82) is 0 Å². The first-order chi connectivity index (χ1) is 8.20. The maximum Gasteiger partial charge on any atom is 0.224 e. The van der Waals surface area contributed by atoms with E-state index in [1.165, 1.54) is 12.6 Å². The van der Waals surface area contributed by atoms with Crippen LogP contribution in [-0.4, -0.2) is 34.8 Å². The van der Waals surface area contributed by atoms with Gasteiger partial charge in [-0.1, -0.05) is 6.42 Å². The number of rotatable bonds is 5. The van der Waals surface area contributed by atoms with Gasteiger partial charge in [-0.25, -0.2) is 4.98 Å². The summed E-state index contributed by atoms with van der Waals surface area (Å²) in [6.07, 6.45) is 4.47. The summed E-state index contributed by atoms with van der Waals surface area (Å²) in [4.78, 5) is 7.84. The summed E-state index contributed by atoms with van der Waals surface area (Å²) < 4.78 is 5.51. The molecule has 0 saturated heterocycles. The van der Waals surface area contributed by atoms with Crippen molar-refractivity contribution in [3.63, 3.8) is 0 Å². The van der Waals surface area contributed by atoms with E-state index in [1.807, 2.05) is 0 Å². The molecule has 0 bridgehead atoms. The summed E-state index contributed by atoms with van der Waals surface area (Å²) >= 11 is 5.67. The normalized spacial score (nSPS) is 17.4. The lowest BCUT2D eigenvalue weighted by Gasteiger charge is -2.30. The number of halogens is 1.